The molecule has 0 fully saturated rings. The van der Waals surface area contributed by atoms with Gasteiger partial charge in [0, 0.05) is 29.0 Å². The Labute approximate surface area is 159 Å². The van der Waals surface area contributed by atoms with Crippen molar-refractivity contribution in [1.29, 1.82) is 0 Å². The van der Waals surface area contributed by atoms with E-state index < -0.39 is 10.0 Å². The Morgan fingerprint density at radius 2 is 1.59 bits per heavy atom. The van der Waals surface area contributed by atoms with E-state index in [1.54, 1.807) is 49.4 Å². The van der Waals surface area contributed by atoms with Gasteiger partial charge in [-0.2, -0.15) is 0 Å². The predicted octanol–water partition coefficient (Wildman–Crippen LogP) is 2.84. The van der Waals surface area contributed by atoms with E-state index in [9.17, 15) is 18.0 Å². The van der Waals surface area contributed by atoms with E-state index in [4.69, 9.17) is 0 Å². The molecular formula is C19H23N3O4S. The maximum absolute atomic E-state index is 12.4. The lowest BCUT2D eigenvalue weighted by atomic mass is 10.1. The highest BCUT2D eigenvalue weighted by Crippen LogP contribution is 2.16. The van der Waals surface area contributed by atoms with Gasteiger partial charge in [-0.15, -0.1) is 0 Å². The van der Waals surface area contributed by atoms with Crippen LogP contribution in [0.25, 0.3) is 0 Å². The van der Waals surface area contributed by atoms with Crippen molar-refractivity contribution in [2.45, 2.75) is 20.3 Å². The summed E-state index contributed by atoms with van der Waals surface area (Å²) in [6.07, 6.45) is 0.502. The SMILES string of the molecule is CCCS(=O)(=O)Nc1cccc(C(=O)Nc2ccc(C(=O)NCC)cc2)c1. The van der Waals surface area contributed by atoms with Crippen molar-refractivity contribution >= 4 is 33.2 Å². The number of carbonyl (C=O) groups is 2. The molecule has 8 heteroatoms. The van der Waals surface area contributed by atoms with E-state index in [1.807, 2.05) is 6.92 Å². The molecule has 0 saturated carbocycles. The van der Waals surface area contributed by atoms with Gasteiger partial charge in [0.2, 0.25) is 10.0 Å². The second-order valence-electron chi connectivity index (χ2n) is 5.89. The summed E-state index contributed by atoms with van der Waals surface area (Å²) in [5.41, 5.74) is 1.69. The standard InChI is InChI=1S/C19H23N3O4S/c1-3-12-27(25,26)22-17-7-5-6-15(13-17)19(24)21-16-10-8-14(9-11-16)18(23)20-4-2/h5-11,13,22H,3-4,12H2,1-2H3,(H,20,23)(H,21,24). The fourth-order valence-corrected chi connectivity index (χ4v) is 3.52. The molecule has 7 nitrogen and oxygen atoms in total. The Kier molecular flexibility index (Phi) is 6.95. The van der Waals surface area contributed by atoms with E-state index in [0.29, 0.717) is 35.5 Å². The Hall–Kier alpha value is -2.87. The summed E-state index contributed by atoms with van der Waals surface area (Å²) in [5.74, 6) is -0.541. The molecule has 0 saturated heterocycles. The summed E-state index contributed by atoms with van der Waals surface area (Å²) in [6.45, 7) is 4.15. The molecule has 2 amide bonds. The average Bonchev–Trinajstić information content (AvgIpc) is 2.62. The second kappa shape index (κ2) is 9.18. The van der Waals surface area contributed by atoms with Gasteiger partial charge >= 0.3 is 0 Å². The zero-order chi connectivity index (χ0) is 19.9. The van der Waals surface area contributed by atoms with Crippen LogP contribution >= 0.6 is 0 Å². The monoisotopic (exact) mass is 389 g/mol. The first-order chi connectivity index (χ1) is 12.8. The molecule has 0 aliphatic heterocycles. The molecule has 0 aliphatic carbocycles. The molecule has 2 rings (SSSR count). The van der Waals surface area contributed by atoms with Crippen molar-refractivity contribution in [2.24, 2.45) is 0 Å². The summed E-state index contributed by atoms with van der Waals surface area (Å²) in [5, 5.41) is 5.42. The van der Waals surface area contributed by atoms with Crippen LogP contribution in [0.1, 0.15) is 41.0 Å². The van der Waals surface area contributed by atoms with Crippen molar-refractivity contribution in [3.8, 4) is 0 Å². The van der Waals surface area contributed by atoms with Crippen LogP contribution in [0.2, 0.25) is 0 Å². The van der Waals surface area contributed by atoms with Gasteiger partial charge in [0.15, 0.2) is 0 Å². The highest BCUT2D eigenvalue weighted by Gasteiger charge is 2.12. The van der Waals surface area contributed by atoms with E-state index >= 15 is 0 Å². The van der Waals surface area contributed by atoms with Crippen molar-refractivity contribution < 1.29 is 18.0 Å². The quantitative estimate of drug-likeness (QED) is 0.646. The number of hydrogen-bond acceptors (Lipinski definition) is 4. The smallest absolute Gasteiger partial charge is 0.255 e. The van der Waals surface area contributed by atoms with Gasteiger partial charge in [0.1, 0.15) is 0 Å². The number of sulfonamides is 1. The highest BCUT2D eigenvalue weighted by atomic mass is 32.2. The van der Waals surface area contributed by atoms with Crippen LogP contribution in [0, 0.1) is 0 Å². The van der Waals surface area contributed by atoms with E-state index in [2.05, 4.69) is 15.4 Å². The number of hydrogen-bond donors (Lipinski definition) is 3. The molecule has 2 aromatic carbocycles. The van der Waals surface area contributed by atoms with Gasteiger partial charge in [-0.25, -0.2) is 8.42 Å². The summed E-state index contributed by atoms with van der Waals surface area (Å²) >= 11 is 0. The van der Waals surface area contributed by atoms with Crippen LogP contribution in [0.15, 0.2) is 48.5 Å². The third-order valence-electron chi connectivity index (χ3n) is 3.61. The van der Waals surface area contributed by atoms with Crippen LogP contribution < -0.4 is 15.4 Å². The molecule has 0 aliphatic rings. The van der Waals surface area contributed by atoms with Crippen molar-refractivity contribution in [2.75, 3.05) is 22.3 Å². The van der Waals surface area contributed by atoms with Crippen molar-refractivity contribution in [3.05, 3.63) is 59.7 Å². The van der Waals surface area contributed by atoms with Gasteiger partial charge in [0.05, 0.1) is 5.75 Å². The molecule has 0 aromatic heterocycles. The minimum atomic E-state index is -3.42. The van der Waals surface area contributed by atoms with Crippen molar-refractivity contribution in [3.63, 3.8) is 0 Å². The molecule has 2 aromatic rings. The topological polar surface area (TPSA) is 104 Å². The minimum absolute atomic E-state index is 0.0153. The van der Waals surface area contributed by atoms with Gasteiger partial charge in [-0.1, -0.05) is 13.0 Å². The van der Waals surface area contributed by atoms with Gasteiger partial charge in [0.25, 0.3) is 11.8 Å². The zero-order valence-electron chi connectivity index (χ0n) is 15.3. The largest absolute Gasteiger partial charge is 0.352 e. The Bertz CT molecular complexity index is 909. The van der Waals surface area contributed by atoms with Crippen LogP contribution in [0.4, 0.5) is 11.4 Å². The molecule has 0 atom stereocenters. The molecule has 0 bridgehead atoms. The van der Waals surface area contributed by atoms with Crippen molar-refractivity contribution in [1.82, 2.24) is 5.32 Å². The molecular weight excluding hydrogens is 366 g/mol. The second-order valence-corrected chi connectivity index (χ2v) is 7.73. The first kappa shape index (κ1) is 20.4. The van der Waals surface area contributed by atoms with E-state index in [-0.39, 0.29) is 17.6 Å². The van der Waals surface area contributed by atoms with Crippen LogP contribution in [0.3, 0.4) is 0 Å². The number of anilines is 2. The molecule has 27 heavy (non-hydrogen) atoms. The lowest BCUT2D eigenvalue weighted by molar-refractivity contribution is 0.0955. The molecule has 0 unspecified atom stereocenters. The summed E-state index contributed by atoms with van der Waals surface area (Å²) in [7, 11) is -3.42. The van der Waals surface area contributed by atoms with Gasteiger partial charge in [-0.05, 0) is 55.8 Å². The number of nitrogens with one attached hydrogen (secondary N) is 3. The van der Waals surface area contributed by atoms with Crippen LogP contribution in [-0.2, 0) is 10.0 Å². The molecule has 0 radical (unpaired) electrons. The fourth-order valence-electron chi connectivity index (χ4n) is 2.39. The lowest BCUT2D eigenvalue weighted by Gasteiger charge is -2.10. The number of carbonyl (C=O) groups excluding carboxylic acids is 2. The predicted molar refractivity (Wildman–Crippen MR) is 107 cm³/mol. The Morgan fingerprint density at radius 3 is 2.22 bits per heavy atom. The number of benzene rings is 2. The van der Waals surface area contributed by atoms with E-state index in [1.165, 1.54) is 6.07 Å². The number of amides is 2. The Balaban J connectivity index is 2.08. The van der Waals surface area contributed by atoms with Crippen LogP contribution in [-0.4, -0.2) is 32.5 Å². The average molecular weight is 389 g/mol. The lowest BCUT2D eigenvalue weighted by Crippen LogP contribution is -2.22. The summed E-state index contributed by atoms with van der Waals surface area (Å²) in [6, 6.07) is 12.8. The summed E-state index contributed by atoms with van der Waals surface area (Å²) in [4.78, 5) is 24.2. The third kappa shape index (κ3) is 6.10. The summed E-state index contributed by atoms with van der Waals surface area (Å²) < 4.78 is 26.2. The molecule has 0 spiro atoms. The highest BCUT2D eigenvalue weighted by molar-refractivity contribution is 7.92. The zero-order valence-corrected chi connectivity index (χ0v) is 16.1. The van der Waals surface area contributed by atoms with Gasteiger partial charge in [-0.3, -0.25) is 14.3 Å². The normalized spacial score (nSPS) is 10.9. The maximum Gasteiger partial charge on any atom is 0.255 e. The maximum atomic E-state index is 12.4. The minimum Gasteiger partial charge on any atom is -0.352 e. The Morgan fingerprint density at radius 1 is 0.889 bits per heavy atom. The first-order valence-electron chi connectivity index (χ1n) is 8.64. The third-order valence-corrected chi connectivity index (χ3v) is 5.11. The van der Waals surface area contributed by atoms with Gasteiger partial charge < -0.3 is 10.6 Å². The van der Waals surface area contributed by atoms with Crippen LogP contribution in [0.5, 0.6) is 0 Å². The molecule has 0 heterocycles. The fraction of sp³-hybridized carbons (Fsp3) is 0.263. The number of rotatable bonds is 8. The van der Waals surface area contributed by atoms with E-state index in [0.717, 1.165) is 0 Å². The first-order valence-corrected chi connectivity index (χ1v) is 10.3. The molecule has 144 valence electrons. The molecule has 3 N–H and O–H groups in total.